The van der Waals surface area contributed by atoms with Gasteiger partial charge in [-0.25, -0.2) is 27.6 Å². The van der Waals surface area contributed by atoms with Crippen molar-refractivity contribution in [3.05, 3.63) is 105 Å². The fraction of sp³-hybridized carbons (Fsp3) is 0.652. The summed E-state index contributed by atoms with van der Waals surface area (Å²) in [6.45, 7) is 34.1. The monoisotopic (exact) mass is 1230 g/mol. The fourth-order valence-electron chi connectivity index (χ4n) is 11.5. The second-order valence-electron chi connectivity index (χ2n) is 30.4. The van der Waals surface area contributed by atoms with Crippen molar-refractivity contribution in [2.75, 3.05) is 52.5 Å². The van der Waals surface area contributed by atoms with E-state index in [1.807, 2.05) is 46.4 Å². The lowest BCUT2D eigenvalue weighted by atomic mass is 9.85. The molecule has 3 aliphatic rings. The molecule has 3 heterocycles. The highest BCUT2D eigenvalue weighted by Crippen LogP contribution is 2.35. The molecule has 488 valence electrons. The number of Topliss-reactive ketones (excluding diaryl/α,β-unsaturated/α-hetero) is 2. The Morgan fingerprint density at radius 1 is 0.420 bits per heavy atom. The van der Waals surface area contributed by atoms with Crippen molar-refractivity contribution in [2.24, 2.45) is 35.5 Å². The molecular formula is C69H99F3N4O12. The highest BCUT2D eigenvalue weighted by atomic mass is 19.1. The largest absolute Gasteiger partial charge is 0.460 e. The van der Waals surface area contributed by atoms with Gasteiger partial charge < -0.3 is 43.1 Å². The van der Waals surface area contributed by atoms with E-state index in [4.69, 9.17) is 28.4 Å². The number of rotatable bonds is 20. The number of ether oxygens (including phenoxy) is 6. The van der Waals surface area contributed by atoms with Gasteiger partial charge in [0.15, 0.2) is 11.6 Å². The highest BCUT2D eigenvalue weighted by Gasteiger charge is 2.42. The maximum atomic E-state index is 16.3. The fourth-order valence-corrected chi connectivity index (χ4v) is 11.5. The Labute approximate surface area is 520 Å². The Morgan fingerprint density at radius 2 is 0.727 bits per heavy atom. The minimum atomic E-state index is -0.851. The summed E-state index contributed by atoms with van der Waals surface area (Å²) in [6.07, 6.45) is -0.00240. The van der Waals surface area contributed by atoms with Crippen LogP contribution in [0.1, 0.15) is 187 Å². The minimum Gasteiger partial charge on any atom is -0.460 e. The first-order valence-corrected chi connectivity index (χ1v) is 31.1. The van der Waals surface area contributed by atoms with Crippen molar-refractivity contribution in [3.63, 3.8) is 0 Å². The van der Waals surface area contributed by atoms with Crippen LogP contribution in [-0.2, 0) is 59.3 Å². The zero-order valence-corrected chi connectivity index (χ0v) is 55.6. The molecule has 16 nitrogen and oxygen atoms in total. The van der Waals surface area contributed by atoms with Crippen molar-refractivity contribution < 1.29 is 70.4 Å². The molecule has 6 rings (SSSR count). The summed E-state index contributed by atoms with van der Waals surface area (Å²) in [6, 6.07) is 12.7. The van der Waals surface area contributed by atoms with Gasteiger partial charge >= 0.3 is 24.2 Å². The number of nitrogens with zero attached hydrogens (tertiary/aromatic N) is 4. The standard InChI is InChI=1S/C69H99F3N4O12/c1-64(2,3)83-41-56(48-20-23-75(39-48)62(81)87-68(13,14)15)58(77)50-26-45(30-53(71)33-50)36-73(35-44-25-43(28-52(70)29-44)32-55(60(79)85-66(7,8)9)47-19-22-74(38-47)61(80)86-67(10,11)12)37-46-27-51(34-54(72)31-46)59(78)57(42-84-65(4,5)6)49-21-24-76(40-49)63(82)88-69(16,17)18/h25-31,33-34,47-49,55-57H,19-24,32,35-42H2,1-18H3/t47-,48-,49-,55-,56+,57+/m0/s1. The Hall–Kier alpha value is -6.05. The maximum Gasteiger partial charge on any atom is 0.410 e. The molecule has 3 amide bonds. The molecule has 0 aliphatic carbocycles. The third-order valence-electron chi connectivity index (χ3n) is 15.3. The average Bonchev–Trinajstić information content (AvgIpc) is 2.17. The highest BCUT2D eigenvalue weighted by molar-refractivity contribution is 5.99. The zero-order valence-electron chi connectivity index (χ0n) is 55.6. The van der Waals surface area contributed by atoms with Crippen LogP contribution in [0.5, 0.6) is 0 Å². The summed E-state index contributed by atoms with van der Waals surface area (Å²) in [7, 11) is 0. The number of likely N-dealkylation sites (tertiary alicyclic amines) is 3. The molecule has 0 saturated carbocycles. The summed E-state index contributed by atoms with van der Waals surface area (Å²) in [4.78, 5) is 90.2. The summed E-state index contributed by atoms with van der Waals surface area (Å²) in [5, 5.41) is 0. The second kappa shape index (κ2) is 28.4. The molecule has 3 aliphatic heterocycles. The number of halogens is 3. The number of carbonyl (C=O) groups is 6. The van der Waals surface area contributed by atoms with Gasteiger partial charge in [-0.15, -0.1) is 0 Å². The topological polar surface area (TPSA) is 171 Å². The van der Waals surface area contributed by atoms with Gasteiger partial charge in [0, 0.05) is 70.0 Å². The first kappa shape index (κ1) is 71.0. The van der Waals surface area contributed by atoms with Crippen molar-refractivity contribution >= 4 is 35.8 Å². The molecule has 19 heteroatoms. The lowest BCUT2D eigenvalue weighted by Crippen LogP contribution is -2.38. The molecule has 3 aromatic rings. The molecule has 3 fully saturated rings. The number of carbonyl (C=O) groups excluding carboxylic acids is 6. The lowest BCUT2D eigenvalue weighted by Gasteiger charge is -2.29. The van der Waals surface area contributed by atoms with Gasteiger partial charge in [0.05, 0.1) is 42.2 Å². The van der Waals surface area contributed by atoms with Gasteiger partial charge in [-0.2, -0.15) is 0 Å². The summed E-state index contributed by atoms with van der Waals surface area (Å²) in [5.41, 5.74) is -2.54. The molecular weight excluding hydrogens is 1130 g/mol. The van der Waals surface area contributed by atoms with Gasteiger partial charge in [-0.05, 0) is 239 Å². The lowest BCUT2D eigenvalue weighted by molar-refractivity contribution is -0.162. The van der Waals surface area contributed by atoms with E-state index in [0.717, 1.165) is 0 Å². The predicted molar refractivity (Wildman–Crippen MR) is 330 cm³/mol. The number of ketones is 2. The third kappa shape index (κ3) is 22.5. The maximum absolute atomic E-state index is 16.3. The van der Waals surface area contributed by atoms with Crippen molar-refractivity contribution in [1.82, 2.24) is 19.6 Å². The number of hydrogen-bond acceptors (Lipinski definition) is 13. The first-order valence-electron chi connectivity index (χ1n) is 31.1. The van der Waals surface area contributed by atoms with Crippen molar-refractivity contribution in [2.45, 2.75) is 204 Å². The number of benzene rings is 3. The molecule has 0 radical (unpaired) electrons. The van der Waals surface area contributed by atoms with E-state index in [1.54, 1.807) is 116 Å². The van der Waals surface area contributed by atoms with Crippen LogP contribution in [0.25, 0.3) is 0 Å². The van der Waals surface area contributed by atoms with Crippen LogP contribution in [0.4, 0.5) is 27.6 Å². The van der Waals surface area contributed by atoms with E-state index in [1.165, 1.54) is 36.4 Å². The van der Waals surface area contributed by atoms with E-state index >= 15 is 13.2 Å². The Balaban J connectivity index is 1.38. The molecule has 3 saturated heterocycles. The van der Waals surface area contributed by atoms with Gasteiger partial charge in [-0.1, -0.05) is 6.07 Å². The van der Waals surface area contributed by atoms with Crippen LogP contribution in [0, 0.1) is 53.0 Å². The molecule has 0 N–H and O–H groups in total. The molecule has 0 unspecified atom stereocenters. The van der Waals surface area contributed by atoms with E-state index in [2.05, 4.69) is 0 Å². The Morgan fingerprint density at radius 3 is 1.06 bits per heavy atom. The molecule has 88 heavy (non-hydrogen) atoms. The van der Waals surface area contributed by atoms with Gasteiger partial charge in [-0.3, -0.25) is 19.3 Å². The van der Waals surface area contributed by atoms with Crippen LogP contribution in [0.3, 0.4) is 0 Å². The molecule has 6 atom stereocenters. The second-order valence-corrected chi connectivity index (χ2v) is 30.4. The van der Waals surface area contributed by atoms with Crippen molar-refractivity contribution in [1.29, 1.82) is 0 Å². The van der Waals surface area contributed by atoms with Crippen LogP contribution < -0.4 is 0 Å². The summed E-state index contributed by atoms with van der Waals surface area (Å²) in [5.74, 6) is -6.63. The number of amides is 3. The SMILES string of the molecule is CC(C)(C)OC[C@@H](C(=O)c1cc(F)cc(CN(Cc2cc(F)cc(C[C@H](C(=O)OC(C)(C)C)[C@H]3CCN(C(=O)OC(C)(C)C)C3)c2)Cc2cc(F)cc(C(=O)[C@H](COC(C)(C)C)[C@H]3CCN(C(=O)OC(C)(C)C)C3)c2)c1)[C@H]1CCN(C(=O)OC(C)(C)C)C1. The van der Waals surface area contributed by atoms with Crippen LogP contribution in [-0.4, -0.2) is 142 Å². The van der Waals surface area contributed by atoms with Gasteiger partial charge in [0.2, 0.25) is 0 Å². The molecule has 0 bridgehead atoms. The van der Waals surface area contributed by atoms with E-state index in [9.17, 15) is 28.8 Å². The first-order chi connectivity index (χ1) is 40.4. The molecule has 0 spiro atoms. The molecule has 0 aromatic heterocycles. The Bertz CT molecular complexity index is 2830. The summed E-state index contributed by atoms with van der Waals surface area (Å²) < 4.78 is 84.2. The van der Waals surface area contributed by atoms with Crippen LogP contribution in [0.15, 0.2) is 54.6 Å². The van der Waals surface area contributed by atoms with E-state index < -0.39 is 93.1 Å². The minimum absolute atomic E-state index is 0.000874. The number of hydrogen-bond donors (Lipinski definition) is 0. The molecule has 3 aromatic carbocycles. The summed E-state index contributed by atoms with van der Waals surface area (Å²) >= 11 is 0. The van der Waals surface area contributed by atoms with Gasteiger partial charge in [0.1, 0.15) is 39.9 Å². The van der Waals surface area contributed by atoms with Gasteiger partial charge in [0.25, 0.3) is 0 Å². The van der Waals surface area contributed by atoms with E-state index in [-0.39, 0.29) is 99.4 Å². The van der Waals surface area contributed by atoms with Crippen LogP contribution in [0.2, 0.25) is 0 Å². The quantitative estimate of drug-likeness (QED) is 0.0595. The number of esters is 1. The van der Waals surface area contributed by atoms with Crippen molar-refractivity contribution in [3.8, 4) is 0 Å². The average molecular weight is 1230 g/mol. The predicted octanol–water partition coefficient (Wildman–Crippen LogP) is 13.8. The van der Waals surface area contributed by atoms with E-state index in [0.29, 0.717) is 61.2 Å². The smallest absolute Gasteiger partial charge is 0.410 e. The van der Waals surface area contributed by atoms with Crippen LogP contribution >= 0.6 is 0 Å². The normalized spacial score (nSPS) is 19.0. The third-order valence-corrected chi connectivity index (χ3v) is 15.3. The zero-order chi connectivity index (χ0) is 65.6. The Kier molecular flexibility index (Phi) is 22.9.